The van der Waals surface area contributed by atoms with E-state index in [1.54, 1.807) is 58.1 Å². The fourth-order valence-corrected chi connectivity index (χ4v) is 2.73. The number of rotatable bonds is 7. The van der Waals surface area contributed by atoms with Crippen molar-refractivity contribution in [3.05, 3.63) is 72.3 Å². The third-order valence-electron chi connectivity index (χ3n) is 4.10. The van der Waals surface area contributed by atoms with Crippen LogP contribution in [-0.2, 0) is 0 Å². The van der Waals surface area contributed by atoms with E-state index in [2.05, 4.69) is 4.98 Å². The third-order valence-corrected chi connectivity index (χ3v) is 4.10. The van der Waals surface area contributed by atoms with Gasteiger partial charge in [-0.1, -0.05) is 0 Å². The molecule has 0 aliphatic rings. The maximum atomic E-state index is 12.5. The van der Waals surface area contributed by atoms with Crippen LogP contribution in [0.1, 0.15) is 15.9 Å². The number of aromatic nitrogens is 2. The molecule has 0 fully saturated rings. The molecule has 6 nitrogen and oxygen atoms in total. The van der Waals surface area contributed by atoms with Gasteiger partial charge in [-0.2, -0.15) is 0 Å². The van der Waals surface area contributed by atoms with E-state index in [0.717, 1.165) is 11.3 Å². The van der Waals surface area contributed by atoms with Crippen LogP contribution in [0.15, 0.2) is 61.2 Å². The number of imidazole rings is 1. The van der Waals surface area contributed by atoms with Crippen molar-refractivity contribution in [1.82, 2.24) is 9.55 Å². The van der Waals surface area contributed by atoms with Crippen LogP contribution in [0, 0.1) is 0 Å². The minimum atomic E-state index is -0.107. The van der Waals surface area contributed by atoms with Crippen molar-refractivity contribution in [3.63, 3.8) is 0 Å². The summed E-state index contributed by atoms with van der Waals surface area (Å²) in [5.74, 6) is 1.45. The number of allylic oxidation sites excluding steroid dienone is 1. The highest BCUT2D eigenvalue weighted by Crippen LogP contribution is 2.40. The molecular formula is C21H20N2O4. The average Bonchev–Trinajstić information content (AvgIpc) is 3.26. The van der Waals surface area contributed by atoms with Gasteiger partial charge in [-0.3, -0.25) is 4.79 Å². The lowest BCUT2D eigenvalue weighted by Crippen LogP contribution is -1.98. The summed E-state index contributed by atoms with van der Waals surface area (Å²) >= 11 is 0. The van der Waals surface area contributed by atoms with Gasteiger partial charge in [0.05, 0.1) is 27.7 Å². The van der Waals surface area contributed by atoms with Gasteiger partial charge in [-0.25, -0.2) is 4.98 Å². The first-order valence-electron chi connectivity index (χ1n) is 8.27. The predicted octanol–water partition coefficient (Wildman–Crippen LogP) is 3.79. The molecular weight excluding hydrogens is 344 g/mol. The Labute approximate surface area is 157 Å². The van der Waals surface area contributed by atoms with E-state index in [4.69, 9.17) is 14.2 Å². The number of hydrogen-bond donors (Lipinski definition) is 0. The van der Waals surface area contributed by atoms with E-state index in [9.17, 15) is 4.79 Å². The van der Waals surface area contributed by atoms with Gasteiger partial charge in [-0.05, 0) is 48.6 Å². The van der Waals surface area contributed by atoms with E-state index in [1.165, 1.54) is 6.08 Å². The number of carbonyl (C=O) groups is 1. The lowest BCUT2D eigenvalue weighted by atomic mass is 10.1. The second kappa shape index (κ2) is 8.23. The summed E-state index contributed by atoms with van der Waals surface area (Å²) in [5.41, 5.74) is 2.25. The molecule has 0 N–H and O–H groups in total. The molecule has 6 heteroatoms. The Hall–Kier alpha value is -3.54. The number of carbonyl (C=O) groups excluding carboxylic acids is 1. The van der Waals surface area contributed by atoms with Gasteiger partial charge in [0.2, 0.25) is 5.75 Å². The van der Waals surface area contributed by atoms with Crippen molar-refractivity contribution in [1.29, 1.82) is 0 Å². The molecule has 0 radical (unpaired) electrons. The predicted molar refractivity (Wildman–Crippen MR) is 103 cm³/mol. The Bertz CT molecular complexity index is 945. The molecule has 0 saturated carbocycles. The summed E-state index contributed by atoms with van der Waals surface area (Å²) < 4.78 is 17.9. The van der Waals surface area contributed by atoms with Gasteiger partial charge in [0.15, 0.2) is 17.3 Å². The molecule has 1 heterocycles. The second-order valence-electron chi connectivity index (χ2n) is 5.64. The van der Waals surface area contributed by atoms with Gasteiger partial charge in [0.1, 0.15) is 0 Å². The molecule has 138 valence electrons. The summed E-state index contributed by atoms with van der Waals surface area (Å²) in [6.07, 6.45) is 8.47. The minimum Gasteiger partial charge on any atom is -0.493 e. The van der Waals surface area contributed by atoms with Crippen LogP contribution in [0.25, 0.3) is 11.8 Å². The minimum absolute atomic E-state index is 0.107. The second-order valence-corrected chi connectivity index (χ2v) is 5.64. The molecule has 0 saturated heterocycles. The molecule has 0 aliphatic heterocycles. The van der Waals surface area contributed by atoms with Gasteiger partial charge >= 0.3 is 0 Å². The van der Waals surface area contributed by atoms with E-state index < -0.39 is 0 Å². The number of ketones is 1. The molecule has 2 aromatic carbocycles. The monoisotopic (exact) mass is 364 g/mol. The largest absolute Gasteiger partial charge is 0.493 e. The van der Waals surface area contributed by atoms with Crippen molar-refractivity contribution in [2.24, 2.45) is 0 Å². The van der Waals surface area contributed by atoms with Crippen LogP contribution in [-0.4, -0.2) is 36.7 Å². The Balaban J connectivity index is 1.82. The summed E-state index contributed by atoms with van der Waals surface area (Å²) in [6.45, 7) is 0. The SMILES string of the molecule is COc1ccc(/C=C/C(=O)c2ccc(-n3ccnc3)cc2)c(OC)c1OC. The Morgan fingerprint density at radius 1 is 0.963 bits per heavy atom. The summed E-state index contributed by atoms with van der Waals surface area (Å²) in [7, 11) is 4.65. The highest BCUT2D eigenvalue weighted by atomic mass is 16.5. The van der Waals surface area contributed by atoms with Crippen LogP contribution in [0.4, 0.5) is 0 Å². The van der Waals surface area contributed by atoms with E-state index in [-0.39, 0.29) is 5.78 Å². The van der Waals surface area contributed by atoms with Gasteiger partial charge in [-0.15, -0.1) is 0 Å². The number of nitrogens with zero attached hydrogens (tertiary/aromatic N) is 2. The normalized spacial score (nSPS) is 10.8. The van der Waals surface area contributed by atoms with Gasteiger partial charge in [0.25, 0.3) is 0 Å². The van der Waals surface area contributed by atoms with Crippen LogP contribution >= 0.6 is 0 Å². The van der Waals surface area contributed by atoms with Crippen molar-refractivity contribution in [3.8, 4) is 22.9 Å². The van der Waals surface area contributed by atoms with Crippen LogP contribution in [0.2, 0.25) is 0 Å². The smallest absolute Gasteiger partial charge is 0.203 e. The lowest BCUT2D eigenvalue weighted by Gasteiger charge is -2.13. The summed E-state index contributed by atoms with van der Waals surface area (Å²) in [5, 5.41) is 0. The zero-order valence-corrected chi connectivity index (χ0v) is 15.4. The maximum Gasteiger partial charge on any atom is 0.203 e. The highest BCUT2D eigenvalue weighted by Gasteiger charge is 2.14. The van der Waals surface area contributed by atoms with E-state index in [0.29, 0.717) is 22.8 Å². The maximum absolute atomic E-state index is 12.5. The molecule has 3 rings (SSSR count). The molecule has 0 atom stereocenters. The van der Waals surface area contributed by atoms with E-state index in [1.807, 2.05) is 29.0 Å². The Morgan fingerprint density at radius 2 is 1.70 bits per heavy atom. The Kier molecular flexibility index (Phi) is 5.56. The first-order chi connectivity index (χ1) is 13.2. The van der Waals surface area contributed by atoms with Crippen molar-refractivity contribution < 1.29 is 19.0 Å². The summed E-state index contributed by atoms with van der Waals surface area (Å²) in [4.78, 5) is 16.5. The number of ether oxygens (including phenoxy) is 3. The van der Waals surface area contributed by atoms with Gasteiger partial charge in [0, 0.05) is 29.2 Å². The molecule has 27 heavy (non-hydrogen) atoms. The molecule has 0 spiro atoms. The first-order valence-corrected chi connectivity index (χ1v) is 8.27. The first kappa shape index (κ1) is 18.3. The van der Waals surface area contributed by atoms with Crippen molar-refractivity contribution in [2.45, 2.75) is 0 Å². The average molecular weight is 364 g/mol. The number of hydrogen-bond acceptors (Lipinski definition) is 5. The fraction of sp³-hybridized carbons (Fsp3) is 0.143. The van der Waals surface area contributed by atoms with Crippen LogP contribution in [0.5, 0.6) is 17.2 Å². The number of benzene rings is 2. The lowest BCUT2D eigenvalue weighted by molar-refractivity contribution is 0.104. The molecule has 0 bridgehead atoms. The molecule has 0 amide bonds. The zero-order chi connectivity index (χ0) is 19.2. The van der Waals surface area contributed by atoms with Gasteiger partial charge < -0.3 is 18.8 Å². The standard InChI is InChI=1S/C21H20N2O4/c1-25-19-11-7-16(20(26-2)21(19)27-3)6-10-18(24)15-4-8-17(9-5-15)23-13-12-22-14-23/h4-14H,1-3H3/b10-6+. The molecule has 3 aromatic rings. The topological polar surface area (TPSA) is 62.6 Å². The Morgan fingerprint density at radius 3 is 2.30 bits per heavy atom. The molecule has 0 unspecified atom stereocenters. The molecule has 1 aromatic heterocycles. The van der Waals surface area contributed by atoms with Crippen LogP contribution in [0.3, 0.4) is 0 Å². The third kappa shape index (κ3) is 3.84. The quantitative estimate of drug-likeness (QED) is 0.471. The van der Waals surface area contributed by atoms with Crippen LogP contribution < -0.4 is 14.2 Å². The van der Waals surface area contributed by atoms with Crippen molar-refractivity contribution >= 4 is 11.9 Å². The molecule has 0 aliphatic carbocycles. The zero-order valence-electron chi connectivity index (χ0n) is 15.4. The van der Waals surface area contributed by atoms with Crippen molar-refractivity contribution in [2.75, 3.05) is 21.3 Å². The fourth-order valence-electron chi connectivity index (χ4n) is 2.73. The summed E-state index contributed by atoms with van der Waals surface area (Å²) in [6, 6.07) is 10.9. The highest BCUT2D eigenvalue weighted by molar-refractivity contribution is 6.07. The van der Waals surface area contributed by atoms with E-state index >= 15 is 0 Å². The number of methoxy groups -OCH3 is 3.